The van der Waals surface area contributed by atoms with E-state index in [1.165, 1.54) is 0 Å². The summed E-state index contributed by atoms with van der Waals surface area (Å²) in [6, 6.07) is 0.403. The normalized spacial score (nSPS) is 31.0. The minimum absolute atomic E-state index is 0.134. The van der Waals surface area contributed by atoms with Crippen LogP contribution in [0.1, 0.15) is 67.2 Å². The van der Waals surface area contributed by atoms with Crippen LogP contribution in [-0.4, -0.2) is 67.5 Å². The van der Waals surface area contributed by atoms with Gasteiger partial charge >= 0.3 is 6.09 Å². The van der Waals surface area contributed by atoms with Crippen LogP contribution in [0.15, 0.2) is 4.99 Å². The van der Waals surface area contributed by atoms with Crippen molar-refractivity contribution in [3.05, 3.63) is 0 Å². The van der Waals surface area contributed by atoms with Crippen molar-refractivity contribution in [1.29, 1.82) is 0 Å². The Hall–Kier alpha value is -1.50. The fraction of sp³-hybridized carbons (Fsp3) is 0.913. The number of carbonyl (C=O) groups is 1. The molecule has 1 amide bonds. The molecular weight excluding hydrogens is 380 g/mol. The highest BCUT2D eigenvalue weighted by molar-refractivity contribution is 5.80. The predicted molar refractivity (Wildman–Crippen MR) is 120 cm³/mol. The molecule has 0 radical (unpaired) electrons. The number of ether oxygens (including phenoxy) is 2. The second kappa shape index (κ2) is 9.33. The van der Waals surface area contributed by atoms with Gasteiger partial charge in [0.15, 0.2) is 5.96 Å². The standard InChI is InChI=1S/C23H42N4O3/c1-7-24-20(26-18-17-11-14-29-19(17)23(18,5)6)25-12-10-16-9-8-13-27(15-16)21(28)30-22(2,3)4/h16-19H,7-15H2,1-6H3,(H2,24,25,26). The topological polar surface area (TPSA) is 75.2 Å². The third kappa shape index (κ3) is 5.40. The van der Waals surface area contributed by atoms with Crippen molar-refractivity contribution in [2.24, 2.45) is 22.2 Å². The third-order valence-electron chi connectivity index (χ3n) is 6.71. The molecule has 3 rings (SSSR count). The molecule has 0 aromatic carbocycles. The summed E-state index contributed by atoms with van der Waals surface area (Å²) in [5.41, 5.74) is -0.311. The summed E-state index contributed by atoms with van der Waals surface area (Å²) in [7, 11) is 0. The summed E-state index contributed by atoms with van der Waals surface area (Å²) in [6.45, 7) is 16.5. The molecule has 0 spiro atoms. The third-order valence-corrected chi connectivity index (χ3v) is 6.71. The van der Waals surface area contributed by atoms with E-state index >= 15 is 0 Å². The van der Waals surface area contributed by atoms with Crippen molar-refractivity contribution in [2.45, 2.75) is 85.0 Å². The van der Waals surface area contributed by atoms with Crippen LogP contribution < -0.4 is 10.6 Å². The molecule has 4 unspecified atom stereocenters. The molecule has 1 aliphatic carbocycles. The molecule has 2 N–H and O–H groups in total. The van der Waals surface area contributed by atoms with Crippen LogP contribution in [0.2, 0.25) is 0 Å². The first-order valence-corrected chi connectivity index (χ1v) is 11.8. The van der Waals surface area contributed by atoms with E-state index in [4.69, 9.17) is 14.5 Å². The van der Waals surface area contributed by atoms with Gasteiger partial charge in [-0.1, -0.05) is 13.8 Å². The molecule has 30 heavy (non-hydrogen) atoms. The Morgan fingerprint density at radius 2 is 2.07 bits per heavy atom. The van der Waals surface area contributed by atoms with Crippen LogP contribution in [0.25, 0.3) is 0 Å². The smallest absolute Gasteiger partial charge is 0.410 e. The Morgan fingerprint density at radius 3 is 2.77 bits per heavy atom. The number of hydrogen-bond acceptors (Lipinski definition) is 4. The van der Waals surface area contributed by atoms with Crippen molar-refractivity contribution in [3.63, 3.8) is 0 Å². The Labute approximate surface area is 182 Å². The second-order valence-corrected chi connectivity index (χ2v) is 10.7. The average Bonchev–Trinajstić information content (AvgIpc) is 3.12. The molecule has 2 saturated heterocycles. The molecule has 0 bridgehead atoms. The van der Waals surface area contributed by atoms with Crippen molar-refractivity contribution in [1.82, 2.24) is 15.5 Å². The lowest BCUT2D eigenvalue weighted by Gasteiger charge is -2.54. The number of rotatable bonds is 5. The summed E-state index contributed by atoms with van der Waals surface area (Å²) in [4.78, 5) is 19.1. The van der Waals surface area contributed by atoms with Gasteiger partial charge < -0.3 is 25.0 Å². The SMILES string of the molecule is CCNC(=NCCC1CCCN(C(=O)OC(C)(C)C)C1)NC1C2CCOC2C1(C)C. The van der Waals surface area contributed by atoms with Gasteiger partial charge in [-0.2, -0.15) is 0 Å². The highest BCUT2D eigenvalue weighted by atomic mass is 16.6. The minimum atomic E-state index is -0.445. The summed E-state index contributed by atoms with van der Waals surface area (Å²) in [6.07, 6.45) is 4.48. The summed E-state index contributed by atoms with van der Waals surface area (Å²) in [5, 5.41) is 7.08. The maximum atomic E-state index is 12.4. The number of aliphatic imine (C=N–C) groups is 1. The molecule has 0 aromatic rings. The van der Waals surface area contributed by atoms with Gasteiger partial charge in [0.2, 0.25) is 0 Å². The van der Waals surface area contributed by atoms with E-state index in [0.717, 1.165) is 64.4 Å². The monoisotopic (exact) mass is 422 g/mol. The highest BCUT2D eigenvalue weighted by Crippen LogP contribution is 2.52. The Morgan fingerprint density at radius 1 is 1.30 bits per heavy atom. The quantitative estimate of drug-likeness (QED) is 0.525. The van der Waals surface area contributed by atoms with Gasteiger partial charge in [-0.3, -0.25) is 4.99 Å². The molecule has 7 nitrogen and oxygen atoms in total. The van der Waals surface area contributed by atoms with E-state index in [1.54, 1.807) is 0 Å². The fourth-order valence-corrected chi connectivity index (χ4v) is 5.24. The zero-order valence-electron chi connectivity index (χ0n) is 19.8. The van der Waals surface area contributed by atoms with Gasteiger partial charge in [-0.05, 0) is 59.3 Å². The van der Waals surface area contributed by atoms with Crippen LogP contribution in [-0.2, 0) is 9.47 Å². The number of hydrogen-bond donors (Lipinski definition) is 2. The van der Waals surface area contributed by atoms with E-state index in [9.17, 15) is 4.79 Å². The van der Waals surface area contributed by atoms with E-state index in [2.05, 4.69) is 31.4 Å². The summed E-state index contributed by atoms with van der Waals surface area (Å²) >= 11 is 0. The fourth-order valence-electron chi connectivity index (χ4n) is 5.24. The largest absolute Gasteiger partial charge is 0.444 e. The summed E-state index contributed by atoms with van der Waals surface area (Å²) in [5.74, 6) is 1.97. The molecule has 7 heteroatoms. The molecule has 3 aliphatic rings. The van der Waals surface area contributed by atoms with Gasteiger partial charge in [-0.25, -0.2) is 4.79 Å². The summed E-state index contributed by atoms with van der Waals surface area (Å²) < 4.78 is 11.5. The van der Waals surface area contributed by atoms with Gasteiger partial charge in [0, 0.05) is 50.2 Å². The predicted octanol–water partition coefficient (Wildman–Crippen LogP) is 3.39. The molecule has 2 heterocycles. The van der Waals surface area contributed by atoms with Crippen LogP contribution in [0, 0.1) is 17.3 Å². The van der Waals surface area contributed by atoms with Gasteiger partial charge in [0.05, 0.1) is 6.10 Å². The number of nitrogens with one attached hydrogen (secondary N) is 2. The lowest BCUT2D eigenvalue weighted by molar-refractivity contribution is -0.106. The first-order valence-electron chi connectivity index (χ1n) is 11.8. The zero-order chi connectivity index (χ0) is 21.9. The van der Waals surface area contributed by atoms with Crippen LogP contribution in [0.5, 0.6) is 0 Å². The van der Waals surface area contributed by atoms with Crippen molar-refractivity contribution >= 4 is 12.1 Å². The molecule has 1 saturated carbocycles. The molecular formula is C23H42N4O3. The Kier molecular flexibility index (Phi) is 7.20. The molecule has 172 valence electrons. The van der Waals surface area contributed by atoms with Gasteiger partial charge in [0.1, 0.15) is 5.60 Å². The number of carbonyl (C=O) groups excluding carboxylic acids is 1. The van der Waals surface area contributed by atoms with Gasteiger partial charge in [-0.15, -0.1) is 0 Å². The van der Waals surface area contributed by atoms with E-state index in [0.29, 0.717) is 24.0 Å². The first-order chi connectivity index (χ1) is 14.1. The first kappa shape index (κ1) is 23.2. The molecule has 0 aromatic heterocycles. The number of guanidine groups is 1. The van der Waals surface area contributed by atoms with Crippen LogP contribution >= 0.6 is 0 Å². The Balaban J connectivity index is 1.50. The van der Waals surface area contributed by atoms with E-state index in [1.807, 2.05) is 25.7 Å². The number of likely N-dealkylation sites (tertiary alicyclic amines) is 1. The minimum Gasteiger partial charge on any atom is -0.444 e. The van der Waals surface area contributed by atoms with Crippen LogP contribution in [0.3, 0.4) is 0 Å². The molecule has 2 aliphatic heterocycles. The number of fused-ring (bicyclic) bond motifs is 1. The molecule has 4 atom stereocenters. The lowest BCUT2D eigenvalue weighted by Crippen LogP contribution is -2.68. The van der Waals surface area contributed by atoms with E-state index in [-0.39, 0.29) is 11.5 Å². The maximum absolute atomic E-state index is 12.4. The lowest BCUT2D eigenvalue weighted by atomic mass is 9.57. The molecule has 3 fully saturated rings. The maximum Gasteiger partial charge on any atom is 0.410 e. The van der Waals surface area contributed by atoms with E-state index < -0.39 is 5.60 Å². The number of piperidine rings is 1. The second-order valence-electron chi connectivity index (χ2n) is 10.7. The van der Waals surface area contributed by atoms with Gasteiger partial charge in [0.25, 0.3) is 0 Å². The van der Waals surface area contributed by atoms with Crippen molar-refractivity contribution in [2.75, 3.05) is 32.8 Å². The van der Waals surface area contributed by atoms with Crippen molar-refractivity contribution in [3.8, 4) is 0 Å². The van der Waals surface area contributed by atoms with Crippen molar-refractivity contribution < 1.29 is 14.3 Å². The Bertz CT molecular complexity index is 628. The average molecular weight is 423 g/mol. The van der Waals surface area contributed by atoms with Crippen LogP contribution in [0.4, 0.5) is 4.79 Å². The highest BCUT2D eigenvalue weighted by Gasteiger charge is 2.59. The number of nitrogens with zero attached hydrogens (tertiary/aromatic N) is 2. The zero-order valence-corrected chi connectivity index (χ0v) is 19.8. The number of amides is 1.